The Kier molecular flexibility index (Phi) is 4.57. The lowest BCUT2D eigenvalue weighted by Gasteiger charge is -2.39. The molecule has 0 aromatic heterocycles. The van der Waals surface area contributed by atoms with Crippen molar-refractivity contribution in [3.63, 3.8) is 0 Å². The highest BCUT2D eigenvalue weighted by atomic mass is 16.5. The number of aromatic hydroxyl groups is 1. The number of ether oxygens (including phenoxy) is 1. The molecule has 0 fully saturated rings. The number of Topliss-reactive ketones (excluding diaryl/α,β-unsaturated/α-hetero) is 1. The van der Waals surface area contributed by atoms with Crippen molar-refractivity contribution in [3.8, 4) is 11.5 Å². The summed E-state index contributed by atoms with van der Waals surface area (Å²) < 4.78 is 6.07. The van der Waals surface area contributed by atoms with Crippen LogP contribution in [-0.4, -0.2) is 40.5 Å². The Bertz CT molecular complexity index is 525. The van der Waals surface area contributed by atoms with Gasteiger partial charge in [0.25, 0.3) is 0 Å². The van der Waals surface area contributed by atoms with Crippen molar-refractivity contribution < 1.29 is 14.6 Å². The van der Waals surface area contributed by atoms with Crippen LogP contribution >= 0.6 is 0 Å². The second-order valence-corrected chi connectivity index (χ2v) is 6.11. The van der Waals surface area contributed by atoms with Crippen molar-refractivity contribution in [2.45, 2.75) is 52.2 Å². The fourth-order valence-electron chi connectivity index (χ4n) is 3.28. The number of nitrogens with zero attached hydrogens (tertiary/aromatic N) is 1. The summed E-state index contributed by atoms with van der Waals surface area (Å²) in [7, 11) is 0. The zero-order valence-corrected chi connectivity index (χ0v) is 13.3. The Morgan fingerprint density at radius 2 is 2.05 bits per heavy atom. The second-order valence-electron chi connectivity index (χ2n) is 6.11. The summed E-state index contributed by atoms with van der Waals surface area (Å²) in [6, 6.07) is 5.05. The first-order chi connectivity index (χ1) is 9.88. The first-order valence-electron chi connectivity index (χ1n) is 7.68. The number of hydrogen-bond acceptors (Lipinski definition) is 4. The van der Waals surface area contributed by atoms with Gasteiger partial charge in [-0.3, -0.25) is 4.79 Å². The summed E-state index contributed by atoms with van der Waals surface area (Å²) in [5.74, 6) is 0.716. The first kappa shape index (κ1) is 15.8. The van der Waals surface area contributed by atoms with Crippen LogP contribution < -0.4 is 4.74 Å². The summed E-state index contributed by atoms with van der Waals surface area (Å²) in [5, 5.41) is 9.59. The number of carbonyl (C=O) groups excluding carboxylic acids is 1. The molecule has 0 saturated carbocycles. The van der Waals surface area contributed by atoms with Crippen molar-refractivity contribution in [3.05, 3.63) is 23.8 Å². The normalized spacial score (nSPS) is 22.8. The lowest BCUT2D eigenvalue weighted by atomic mass is 9.86. The van der Waals surface area contributed by atoms with Gasteiger partial charge in [0, 0.05) is 18.5 Å². The fraction of sp³-hybridized carbons (Fsp3) is 0.588. The van der Waals surface area contributed by atoms with E-state index in [4.69, 9.17) is 4.74 Å². The van der Waals surface area contributed by atoms with E-state index in [9.17, 15) is 9.90 Å². The van der Waals surface area contributed by atoms with E-state index >= 15 is 0 Å². The van der Waals surface area contributed by atoms with Crippen LogP contribution in [0.5, 0.6) is 11.5 Å². The van der Waals surface area contributed by atoms with Gasteiger partial charge >= 0.3 is 0 Å². The topological polar surface area (TPSA) is 49.8 Å². The maximum absolute atomic E-state index is 12.3. The predicted octanol–water partition coefficient (Wildman–Crippen LogP) is 3.24. The lowest BCUT2D eigenvalue weighted by Crippen LogP contribution is -2.45. The van der Waals surface area contributed by atoms with Gasteiger partial charge in [-0.2, -0.15) is 0 Å². The number of phenolic OH excluding ortho intramolecular Hbond substituents is 1. The van der Waals surface area contributed by atoms with Crippen molar-refractivity contribution in [2.24, 2.45) is 0 Å². The van der Waals surface area contributed by atoms with Gasteiger partial charge in [-0.1, -0.05) is 13.8 Å². The number of rotatable bonds is 5. The van der Waals surface area contributed by atoms with E-state index in [0.29, 0.717) is 23.8 Å². The quantitative estimate of drug-likeness (QED) is 0.905. The number of carbonyl (C=O) groups is 1. The van der Waals surface area contributed by atoms with Gasteiger partial charge < -0.3 is 14.7 Å². The number of fused-ring (bicyclic) bond motifs is 1. The summed E-state index contributed by atoms with van der Waals surface area (Å²) in [6.07, 6.45) is 1.17. The van der Waals surface area contributed by atoms with E-state index < -0.39 is 5.60 Å². The van der Waals surface area contributed by atoms with Crippen LogP contribution in [0, 0.1) is 0 Å². The maximum atomic E-state index is 12.3. The molecule has 1 aromatic rings. The Morgan fingerprint density at radius 3 is 2.67 bits per heavy atom. The zero-order chi connectivity index (χ0) is 15.6. The molecular weight excluding hydrogens is 266 g/mol. The van der Waals surface area contributed by atoms with Crippen LogP contribution in [0.1, 0.15) is 50.9 Å². The van der Waals surface area contributed by atoms with Crippen LogP contribution in [0.3, 0.4) is 0 Å². The van der Waals surface area contributed by atoms with Crippen LogP contribution in [0.25, 0.3) is 0 Å². The van der Waals surface area contributed by atoms with Gasteiger partial charge in [-0.05, 0) is 39.1 Å². The maximum Gasteiger partial charge on any atom is 0.170 e. The molecular formula is C17H25NO3. The molecule has 1 heterocycles. The Morgan fingerprint density at radius 1 is 1.38 bits per heavy atom. The monoisotopic (exact) mass is 291 g/mol. The molecule has 2 unspecified atom stereocenters. The third kappa shape index (κ3) is 3.38. The largest absolute Gasteiger partial charge is 0.508 e. The SMILES string of the molecule is CCN(CC)C(C)CC1(C)CC(=O)c2ccc(O)cc2O1. The van der Waals surface area contributed by atoms with E-state index in [-0.39, 0.29) is 11.5 Å². The van der Waals surface area contributed by atoms with Gasteiger partial charge in [0.1, 0.15) is 17.1 Å². The highest BCUT2D eigenvalue weighted by Gasteiger charge is 2.38. The molecule has 21 heavy (non-hydrogen) atoms. The molecule has 0 radical (unpaired) electrons. The van der Waals surface area contributed by atoms with Crippen molar-refractivity contribution in [2.75, 3.05) is 13.1 Å². The van der Waals surface area contributed by atoms with Gasteiger partial charge in [0.2, 0.25) is 0 Å². The minimum atomic E-state index is -0.514. The average Bonchev–Trinajstić information content (AvgIpc) is 2.38. The van der Waals surface area contributed by atoms with E-state index in [0.717, 1.165) is 19.5 Å². The molecule has 0 aliphatic carbocycles. The van der Waals surface area contributed by atoms with Crippen LogP contribution in [0.4, 0.5) is 0 Å². The van der Waals surface area contributed by atoms with Crippen LogP contribution in [0.2, 0.25) is 0 Å². The molecule has 0 amide bonds. The van der Waals surface area contributed by atoms with E-state index in [1.807, 2.05) is 6.92 Å². The molecule has 0 spiro atoms. The molecule has 1 aliphatic heterocycles. The summed E-state index contributed by atoms with van der Waals surface area (Å²) in [4.78, 5) is 14.7. The first-order valence-corrected chi connectivity index (χ1v) is 7.68. The molecule has 4 heteroatoms. The minimum Gasteiger partial charge on any atom is -0.508 e. The second kappa shape index (κ2) is 6.06. The third-order valence-electron chi connectivity index (χ3n) is 4.32. The summed E-state index contributed by atoms with van der Waals surface area (Å²) in [6.45, 7) is 10.4. The smallest absolute Gasteiger partial charge is 0.170 e. The summed E-state index contributed by atoms with van der Waals surface area (Å²) in [5.41, 5.74) is 0.0562. The number of hydrogen-bond donors (Lipinski definition) is 1. The average molecular weight is 291 g/mol. The van der Waals surface area contributed by atoms with E-state index in [2.05, 4.69) is 25.7 Å². The van der Waals surface area contributed by atoms with Crippen LogP contribution in [-0.2, 0) is 0 Å². The van der Waals surface area contributed by atoms with E-state index in [1.165, 1.54) is 12.1 Å². The molecule has 1 aliphatic rings. The van der Waals surface area contributed by atoms with Gasteiger partial charge in [-0.15, -0.1) is 0 Å². The van der Waals surface area contributed by atoms with E-state index in [1.54, 1.807) is 6.07 Å². The Balaban J connectivity index is 2.19. The van der Waals surface area contributed by atoms with Crippen LogP contribution in [0.15, 0.2) is 18.2 Å². The number of phenols is 1. The van der Waals surface area contributed by atoms with Gasteiger partial charge in [-0.25, -0.2) is 0 Å². The zero-order valence-electron chi connectivity index (χ0n) is 13.3. The van der Waals surface area contributed by atoms with Gasteiger partial charge in [0.15, 0.2) is 5.78 Å². The molecule has 4 nitrogen and oxygen atoms in total. The molecule has 1 aromatic carbocycles. The van der Waals surface area contributed by atoms with Gasteiger partial charge in [0.05, 0.1) is 12.0 Å². The molecule has 1 N–H and O–H groups in total. The standard InChI is InChI=1S/C17H25NO3/c1-5-18(6-2)12(3)10-17(4)11-15(20)14-8-7-13(19)9-16(14)21-17/h7-9,12,19H,5-6,10-11H2,1-4H3. The molecule has 2 atom stereocenters. The molecule has 2 rings (SSSR count). The number of ketones is 1. The highest BCUT2D eigenvalue weighted by Crippen LogP contribution is 2.37. The highest BCUT2D eigenvalue weighted by molar-refractivity contribution is 6.00. The van der Waals surface area contributed by atoms with Crippen molar-refractivity contribution in [1.29, 1.82) is 0 Å². The van der Waals surface area contributed by atoms with Crippen molar-refractivity contribution in [1.82, 2.24) is 4.90 Å². The molecule has 0 saturated heterocycles. The van der Waals surface area contributed by atoms with Crippen molar-refractivity contribution >= 4 is 5.78 Å². The minimum absolute atomic E-state index is 0.0884. The molecule has 0 bridgehead atoms. The Labute approximate surface area is 126 Å². The Hall–Kier alpha value is -1.55. The third-order valence-corrected chi connectivity index (χ3v) is 4.32. The predicted molar refractivity (Wildman–Crippen MR) is 83.1 cm³/mol. The summed E-state index contributed by atoms with van der Waals surface area (Å²) >= 11 is 0. The lowest BCUT2D eigenvalue weighted by molar-refractivity contribution is 0.0277. The fourth-order valence-corrected chi connectivity index (χ4v) is 3.28. The molecule has 116 valence electrons. The number of benzene rings is 1.